The molecule has 0 aliphatic carbocycles. The zero-order chi connectivity index (χ0) is 29.1. The van der Waals surface area contributed by atoms with Crippen LogP contribution in [0.4, 0.5) is 32.0 Å². The van der Waals surface area contributed by atoms with Crippen LogP contribution in [0, 0.1) is 24.1 Å². The number of anilines is 1. The van der Waals surface area contributed by atoms with Gasteiger partial charge in [0.05, 0.1) is 17.3 Å². The predicted molar refractivity (Wildman–Crippen MR) is 124 cm³/mol. The van der Waals surface area contributed by atoms with E-state index >= 15 is 0 Å². The number of halogens is 6. The van der Waals surface area contributed by atoms with Crippen LogP contribution >= 0.6 is 0 Å². The van der Waals surface area contributed by atoms with Gasteiger partial charge in [0.2, 0.25) is 5.91 Å². The molecular formula is C25H14F6N4O5. The number of ether oxygens (including phenoxy) is 2. The van der Waals surface area contributed by atoms with Gasteiger partial charge in [0, 0.05) is 18.7 Å². The van der Waals surface area contributed by atoms with Crippen molar-refractivity contribution in [1.82, 2.24) is 9.78 Å². The van der Waals surface area contributed by atoms with Gasteiger partial charge in [-0.1, -0.05) is 0 Å². The lowest BCUT2D eigenvalue weighted by atomic mass is 10.1. The van der Waals surface area contributed by atoms with Gasteiger partial charge < -0.3 is 18.8 Å². The van der Waals surface area contributed by atoms with E-state index < -0.39 is 58.5 Å². The number of nitriles is 1. The lowest BCUT2D eigenvalue weighted by molar-refractivity contribution is -0.286. The number of likely N-dealkylation sites (N-methyl/N-ethyl adjacent to an activating group) is 1. The Balaban J connectivity index is 1.61. The molecule has 0 radical (unpaired) electrons. The minimum absolute atomic E-state index is 0.0717. The third-order valence-corrected chi connectivity index (χ3v) is 6.02. The van der Waals surface area contributed by atoms with Crippen molar-refractivity contribution >= 4 is 22.6 Å². The maximum absolute atomic E-state index is 14.2. The minimum Gasteiger partial charge on any atom is -0.461 e. The average molecular weight is 564 g/mol. The number of amides is 1. The van der Waals surface area contributed by atoms with E-state index in [4.69, 9.17) is 4.42 Å². The van der Waals surface area contributed by atoms with Gasteiger partial charge in [-0.2, -0.15) is 23.5 Å². The second-order valence-corrected chi connectivity index (χ2v) is 8.71. The van der Waals surface area contributed by atoms with Crippen LogP contribution in [0.3, 0.4) is 0 Å². The number of alkyl halides is 5. The van der Waals surface area contributed by atoms with Crippen molar-refractivity contribution in [3.63, 3.8) is 0 Å². The van der Waals surface area contributed by atoms with Crippen LogP contribution in [0.1, 0.15) is 16.7 Å². The third kappa shape index (κ3) is 4.57. The molecule has 2 aromatic carbocycles. The minimum atomic E-state index is -5.03. The van der Waals surface area contributed by atoms with Gasteiger partial charge in [0.25, 0.3) is 5.56 Å². The number of benzene rings is 2. The van der Waals surface area contributed by atoms with Gasteiger partial charge in [-0.25, -0.2) is 9.07 Å². The number of hydrogen-bond acceptors (Lipinski definition) is 7. The number of carbonyl (C=O) groups excluding carboxylic acids is 1. The van der Waals surface area contributed by atoms with Crippen molar-refractivity contribution in [2.45, 2.75) is 25.9 Å². The van der Waals surface area contributed by atoms with Crippen molar-refractivity contribution in [2.75, 3.05) is 11.9 Å². The zero-order valence-corrected chi connectivity index (χ0v) is 20.3. The third-order valence-electron chi connectivity index (χ3n) is 6.02. The highest BCUT2D eigenvalue weighted by molar-refractivity contribution is 5.95. The van der Waals surface area contributed by atoms with E-state index in [9.17, 15) is 41.2 Å². The number of fused-ring (bicyclic) bond motifs is 2. The highest BCUT2D eigenvalue weighted by Crippen LogP contribution is 2.44. The number of hydrogen-bond donors (Lipinski definition) is 0. The molecule has 0 N–H and O–H groups in total. The molecule has 0 saturated heterocycles. The van der Waals surface area contributed by atoms with Gasteiger partial charge in [-0.3, -0.25) is 9.59 Å². The van der Waals surface area contributed by atoms with Crippen molar-refractivity contribution in [3.05, 3.63) is 69.5 Å². The van der Waals surface area contributed by atoms with Gasteiger partial charge in [0.15, 0.2) is 17.1 Å². The van der Waals surface area contributed by atoms with Gasteiger partial charge in [-0.05, 0) is 36.8 Å². The van der Waals surface area contributed by atoms with E-state index in [-0.39, 0.29) is 28.3 Å². The largest absolute Gasteiger partial charge is 0.586 e. The summed E-state index contributed by atoms with van der Waals surface area (Å²) >= 11 is 0. The zero-order valence-electron chi connectivity index (χ0n) is 20.3. The van der Waals surface area contributed by atoms with E-state index in [1.165, 1.54) is 20.0 Å². The summed E-state index contributed by atoms with van der Waals surface area (Å²) in [7, 11) is 1.24. The highest BCUT2D eigenvalue weighted by atomic mass is 19.4. The standard InChI is InChI=1S/C25H14F6N4O5/c1-11-3-17-18(40-25(30,31)39-17)7-16(11)34(2)19(36)9-35-23(37)20-15(24(27,28)29)10-38-22(20)21(33-35)13-4-12(8-32)5-14(26)6-13/h3-7,10H,9H2,1-2H3. The number of aryl methyl sites for hydroxylation is 1. The molecular weight excluding hydrogens is 550 g/mol. The summed E-state index contributed by atoms with van der Waals surface area (Å²) in [5.41, 5.74) is -3.85. The van der Waals surface area contributed by atoms with Crippen LogP contribution in [0.2, 0.25) is 0 Å². The first-order valence-electron chi connectivity index (χ1n) is 11.2. The van der Waals surface area contributed by atoms with Crippen molar-refractivity contribution in [1.29, 1.82) is 5.26 Å². The van der Waals surface area contributed by atoms with Crippen LogP contribution in [0.15, 0.2) is 45.8 Å². The number of rotatable bonds is 4. The second kappa shape index (κ2) is 9.04. The summed E-state index contributed by atoms with van der Waals surface area (Å²) in [5.74, 6) is -2.44. The Kier molecular flexibility index (Phi) is 6.01. The molecule has 1 aliphatic heterocycles. The average Bonchev–Trinajstić information content (AvgIpc) is 3.44. The molecule has 2 aromatic heterocycles. The Labute approximate surface area is 219 Å². The predicted octanol–water partition coefficient (Wildman–Crippen LogP) is 4.98. The Morgan fingerprint density at radius 2 is 1.82 bits per heavy atom. The smallest absolute Gasteiger partial charge is 0.461 e. The summed E-state index contributed by atoms with van der Waals surface area (Å²) < 4.78 is 96.5. The lowest BCUT2D eigenvalue weighted by Gasteiger charge is -2.20. The summed E-state index contributed by atoms with van der Waals surface area (Å²) in [6.45, 7) is 0.566. The molecule has 9 nitrogen and oxygen atoms in total. The Hall–Kier alpha value is -5.00. The fourth-order valence-corrected chi connectivity index (χ4v) is 4.20. The number of carbonyl (C=O) groups is 1. The molecule has 206 valence electrons. The number of nitrogens with zero attached hydrogens (tertiary/aromatic N) is 4. The first-order valence-corrected chi connectivity index (χ1v) is 11.2. The molecule has 0 unspecified atom stereocenters. The van der Waals surface area contributed by atoms with E-state index in [1.54, 1.807) is 6.07 Å². The molecule has 1 aliphatic rings. The molecule has 0 saturated carbocycles. The SMILES string of the molecule is Cc1cc2c(cc1N(C)C(=O)Cn1nc(-c3cc(F)cc(C#N)c3)c3occ(C(F)(F)F)c3c1=O)OC(F)(F)O2. The lowest BCUT2D eigenvalue weighted by Crippen LogP contribution is -2.36. The fraction of sp³-hybridized carbons (Fsp3) is 0.200. The molecule has 0 bridgehead atoms. The first kappa shape index (κ1) is 26.6. The molecule has 3 heterocycles. The number of furan rings is 1. The van der Waals surface area contributed by atoms with Crippen LogP contribution < -0.4 is 19.9 Å². The van der Waals surface area contributed by atoms with E-state index in [2.05, 4.69) is 14.6 Å². The normalized spacial score (nSPS) is 13.9. The molecule has 15 heteroatoms. The molecule has 0 spiro atoms. The van der Waals surface area contributed by atoms with Crippen LogP contribution in [0.5, 0.6) is 11.5 Å². The fourth-order valence-electron chi connectivity index (χ4n) is 4.20. The van der Waals surface area contributed by atoms with Crippen LogP contribution in [-0.2, 0) is 17.5 Å². The molecule has 40 heavy (non-hydrogen) atoms. The van der Waals surface area contributed by atoms with E-state index in [0.717, 1.165) is 29.2 Å². The van der Waals surface area contributed by atoms with Crippen molar-refractivity contribution in [2.24, 2.45) is 0 Å². The Morgan fingerprint density at radius 3 is 2.48 bits per heavy atom. The maximum atomic E-state index is 14.2. The maximum Gasteiger partial charge on any atom is 0.586 e. The quantitative estimate of drug-likeness (QED) is 0.322. The van der Waals surface area contributed by atoms with Crippen molar-refractivity contribution in [3.8, 4) is 28.8 Å². The van der Waals surface area contributed by atoms with Gasteiger partial charge in [0.1, 0.15) is 35.3 Å². The number of aromatic nitrogens is 2. The highest BCUT2D eigenvalue weighted by Gasteiger charge is 2.44. The topological polar surface area (TPSA) is 111 Å². The Morgan fingerprint density at radius 1 is 1.15 bits per heavy atom. The second-order valence-electron chi connectivity index (χ2n) is 8.71. The van der Waals surface area contributed by atoms with E-state index in [1.807, 2.05) is 0 Å². The van der Waals surface area contributed by atoms with Crippen LogP contribution in [0.25, 0.3) is 22.2 Å². The summed E-state index contributed by atoms with van der Waals surface area (Å²) in [6, 6.07) is 6.86. The molecule has 4 aromatic rings. The van der Waals surface area contributed by atoms with E-state index in [0.29, 0.717) is 16.5 Å². The molecule has 0 atom stereocenters. The monoisotopic (exact) mass is 564 g/mol. The molecule has 0 fully saturated rings. The van der Waals surface area contributed by atoms with Crippen LogP contribution in [-0.4, -0.2) is 29.0 Å². The van der Waals surface area contributed by atoms with Gasteiger partial charge in [-0.15, -0.1) is 8.78 Å². The molecule has 1 amide bonds. The summed E-state index contributed by atoms with van der Waals surface area (Å²) in [4.78, 5) is 27.3. The Bertz CT molecular complexity index is 1800. The van der Waals surface area contributed by atoms with Gasteiger partial charge >= 0.3 is 12.5 Å². The first-order chi connectivity index (χ1) is 18.7. The van der Waals surface area contributed by atoms with Crippen molar-refractivity contribution < 1.29 is 45.0 Å². The summed E-state index contributed by atoms with van der Waals surface area (Å²) in [6.07, 6.45) is -8.65. The summed E-state index contributed by atoms with van der Waals surface area (Å²) in [5, 5.41) is 12.2. The molecule has 5 rings (SSSR count).